The van der Waals surface area contributed by atoms with Crippen LogP contribution in [0.2, 0.25) is 0 Å². The Morgan fingerprint density at radius 3 is 2.47 bits per heavy atom. The third kappa shape index (κ3) is 5.01. The summed E-state index contributed by atoms with van der Waals surface area (Å²) in [6, 6.07) is 8.18. The lowest BCUT2D eigenvalue weighted by atomic mass is 10.1. The van der Waals surface area contributed by atoms with E-state index in [0.717, 1.165) is 17.7 Å². The van der Waals surface area contributed by atoms with Gasteiger partial charge in [-0.15, -0.1) is 0 Å². The van der Waals surface area contributed by atoms with Gasteiger partial charge in [-0.25, -0.2) is 0 Å². The molecule has 1 aliphatic carbocycles. The molecule has 0 radical (unpaired) electrons. The molecule has 1 N–H and O–H groups in total. The maximum Gasteiger partial charge on any atom is 0.317 e. The van der Waals surface area contributed by atoms with Gasteiger partial charge in [0, 0.05) is 20.2 Å². The zero-order valence-electron chi connectivity index (χ0n) is 11.3. The number of ether oxygens (including phenoxy) is 1. The highest BCUT2D eigenvalue weighted by Crippen LogP contribution is 2.30. The van der Waals surface area contributed by atoms with E-state index in [1.54, 1.807) is 7.11 Å². The van der Waals surface area contributed by atoms with Gasteiger partial charge in [-0.3, -0.25) is 9.69 Å². The zero-order valence-corrected chi connectivity index (χ0v) is 11.3. The van der Waals surface area contributed by atoms with Crippen molar-refractivity contribution in [1.82, 2.24) is 4.90 Å². The molecule has 1 aromatic carbocycles. The fraction of sp³-hybridized carbons (Fsp3) is 0.533. The van der Waals surface area contributed by atoms with Crippen molar-refractivity contribution in [2.75, 3.05) is 20.2 Å². The molecule has 0 spiro atoms. The van der Waals surface area contributed by atoms with Crippen LogP contribution in [0.1, 0.15) is 24.0 Å². The summed E-state index contributed by atoms with van der Waals surface area (Å²) >= 11 is 0. The van der Waals surface area contributed by atoms with Gasteiger partial charge in [0.1, 0.15) is 0 Å². The van der Waals surface area contributed by atoms with Gasteiger partial charge < -0.3 is 9.84 Å². The van der Waals surface area contributed by atoms with Gasteiger partial charge >= 0.3 is 5.97 Å². The smallest absolute Gasteiger partial charge is 0.317 e. The van der Waals surface area contributed by atoms with Crippen LogP contribution in [0, 0.1) is 5.92 Å². The van der Waals surface area contributed by atoms with E-state index in [0.29, 0.717) is 19.1 Å². The summed E-state index contributed by atoms with van der Waals surface area (Å²) in [6.07, 6.45) is 2.48. The SMILES string of the molecule is COCc1ccc(CN(CC(=O)O)CC2CC2)cc1. The number of methoxy groups -OCH3 is 1. The lowest BCUT2D eigenvalue weighted by Gasteiger charge is -2.20. The second-order valence-electron chi connectivity index (χ2n) is 5.26. The molecule has 0 bridgehead atoms. The molecule has 4 heteroatoms. The average Bonchev–Trinajstić information content (AvgIpc) is 3.15. The van der Waals surface area contributed by atoms with E-state index in [-0.39, 0.29) is 6.54 Å². The number of nitrogens with zero attached hydrogens (tertiary/aromatic N) is 1. The molecular formula is C15H21NO3. The van der Waals surface area contributed by atoms with Crippen LogP contribution in [0.5, 0.6) is 0 Å². The molecule has 2 rings (SSSR count). The summed E-state index contributed by atoms with van der Waals surface area (Å²) in [6.45, 7) is 2.33. The number of benzene rings is 1. The molecule has 4 nitrogen and oxygen atoms in total. The number of aliphatic carboxylic acids is 1. The van der Waals surface area contributed by atoms with E-state index < -0.39 is 5.97 Å². The minimum Gasteiger partial charge on any atom is -0.480 e. The monoisotopic (exact) mass is 263 g/mol. The second kappa shape index (κ2) is 6.68. The Labute approximate surface area is 114 Å². The number of rotatable bonds is 8. The molecular weight excluding hydrogens is 242 g/mol. The van der Waals surface area contributed by atoms with E-state index in [1.807, 2.05) is 17.0 Å². The Hall–Kier alpha value is -1.39. The first-order valence-corrected chi connectivity index (χ1v) is 6.68. The third-order valence-corrected chi connectivity index (χ3v) is 3.31. The predicted molar refractivity (Wildman–Crippen MR) is 72.8 cm³/mol. The van der Waals surface area contributed by atoms with Crippen molar-refractivity contribution in [2.45, 2.75) is 26.0 Å². The maximum atomic E-state index is 10.9. The number of carbonyl (C=O) groups is 1. The summed E-state index contributed by atoms with van der Waals surface area (Å²) in [5, 5.41) is 8.95. The Morgan fingerprint density at radius 2 is 1.95 bits per heavy atom. The minimum absolute atomic E-state index is 0.121. The van der Waals surface area contributed by atoms with Crippen LogP contribution in [-0.2, 0) is 22.7 Å². The third-order valence-electron chi connectivity index (χ3n) is 3.31. The van der Waals surface area contributed by atoms with Crippen molar-refractivity contribution in [3.8, 4) is 0 Å². The van der Waals surface area contributed by atoms with Crippen LogP contribution in [0.3, 0.4) is 0 Å². The van der Waals surface area contributed by atoms with Crippen LogP contribution in [0.15, 0.2) is 24.3 Å². The van der Waals surface area contributed by atoms with Gasteiger partial charge in [0.25, 0.3) is 0 Å². The summed E-state index contributed by atoms with van der Waals surface area (Å²) in [5.74, 6) is -0.0521. The number of hydrogen-bond acceptors (Lipinski definition) is 3. The average molecular weight is 263 g/mol. The highest BCUT2D eigenvalue weighted by Gasteiger charge is 2.25. The van der Waals surface area contributed by atoms with Crippen molar-refractivity contribution < 1.29 is 14.6 Å². The van der Waals surface area contributed by atoms with Crippen LogP contribution < -0.4 is 0 Å². The van der Waals surface area contributed by atoms with Crippen LogP contribution in [-0.4, -0.2) is 36.2 Å². The second-order valence-corrected chi connectivity index (χ2v) is 5.26. The molecule has 1 fully saturated rings. The van der Waals surface area contributed by atoms with Gasteiger partial charge in [0.15, 0.2) is 0 Å². The predicted octanol–water partition coefficient (Wildman–Crippen LogP) is 2.13. The van der Waals surface area contributed by atoms with E-state index in [1.165, 1.54) is 12.8 Å². The molecule has 0 amide bonds. The normalized spacial score (nSPS) is 14.8. The minimum atomic E-state index is -0.753. The van der Waals surface area contributed by atoms with Crippen molar-refractivity contribution in [3.05, 3.63) is 35.4 Å². The van der Waals surface area contributed by atoms with Crippen LogP contribution in [0.25, 0.3) is 0 Å². The zero-order chi connectivity index (χ0) is 13.7. The van der Waals surface area contributed by atoms with E-state index >= 15 is 0 Å². The number of carboxylic acids is 1. The molecule has 1 aromatic rings. The molecule has 0 aromatic heterocycles. The first kappa shape index (κ1) is 14.0. The van der Waals surface area contributed by atoms with Crippen molar-refractivity contribution in [2.24, 2.45) is 5.92 Å². The molecule has 1 saturated carbocycles. The highest BCUT2D eigenvalue weighted by molar-refractivity contribution is 5.69. The van der Waals surface area contributed by atoms with Crippen LogP contribution >= 0.6 is 0 Å². The standard InChI is InChI=1S/C15H21NO3/c1-19-11-14-6-4-13(5-7-14)9-16(10-15(17)18)8-12-2-3-12/h4-7,12H,2-3,8-11H2,1H3,(H,17,18). The molecule has 0 heterocycles. The topological polar surface area (TPSA) is 49.8 Å². The summed E-state index contributed by atoms with van der Waals surface area (Å²) in [5.41, 5.74) is 2.29. The number of carboxylic acid groups (broad SMARTS) is 1. The molecule has 0 aliphatic heterocycles. The van der Waals surface area contributed by atoms with Gasteiger partial charge in [-0.2, -0.15) is 0 Å². The van der Waals surface area contributed by atoms with Crippen molar-refractivity contribution >= 4 is 5.97 Å². The maximum absolute atomic E-state index is 10.9. The molecule has 19 heavy (non-hydrogen) atoms. The first-order chi connectivity index (χ1) is 9.17. The van der Waals surface area contributed by atoms with Gasteiger partial charge in [-0.05, 0) is 29.9 Å². The lowest BCUT2D eigenvalue weighted by molar-refractivity contribution is -0.138. The largest absolute Gasteiger partial charge is 0.480 e. The Morgan fingerprint density at radius 1 is 1.32 bits per heavy atom. The number of hydrogen-bond donors (Lipinski definition) is 1. The van der Waals surface area contributed by atoms with E-state index in [2.05, 4.69) is 12.1 Å². The molecule has 104 valence electrons. The molecule has 0 unspecified atom stereocenters. The highest BCUT2D eigenvalue weighted by atomic mass is 16.5. The summed E-state index contributed by atoms with van der Waals surface area (Å²) in [4.78, 5) is 12.9. The van der Waals surface area contributed by atoms with Gasteiger partial charge in [0.05, 0.1) is 13.2 Å². The van der Waals surface area contributed by atoms with Crippen molar-refractivity contribution in [3.63, 3.8) is 0 Å². The quantitative estimate of drug-likeness (QED) is 0.780. The fourth-order valence-corrected chi connectivity index (χ4v) is 2.21. The lowest BCUT2D eigenvalue weighted by Crippen LogP contribution is -2.31. The van der Waals surface area contributed by atoms with Crippen molar-refractivity contribution in [1.29, 1.82) is 0 Å². The summed E-state index contributed by atoms with van der Waals surface area (Å²) < 4.78 is 5.07. The molecule has 0 atom stereocenters. The molecule has 1 aliphatic rings. The Bertz CT molecular complexity index is 412. The van der Waals surface area contributed by atoms with Gasteiger partial charge in [0.2, 0.25) is 0 Å². The van der Waals surface area contributed by atoms with E-state index in [9.17, 15) is 4.79 Å². The molecule has 0 saturated heterocycles. The van der Waals surface area contributed by atoms with Gasteiger partial charge in [-0.1, -0.05) is 24.3 Å². The van der Waals surface area contributed by atoms with E-state index in [4.69, 9.17) is 9.84 Å². The Balaban J connectivity index is 1.92. The first-order valence-electron chi connectivity index (χ1n) is 6.68. The summed E-state index contributed by atoms with van der Waals surface area (Å²) in [7, 11) is 1.68. The Kier molecular flexibility index (Phi) is 4.93. The fourth-order valence-electron chi connectivity index (χ4n) is 2.21. The van der Waals surface area contributed by atoms with Crippen LogP contribution in [0.4, 0.5) is 0 Å².